The number of piperidine rings is 1. The van der Waals surface area contributed by atoms with Gasteiger partial charge in [-0.2, -0.15) is 5.10 Å². The van der Waals surface area contributed by atoms with Crippen molar-refractivity contribution >= 4 is 10.9 Å². The maximum atomic E-state index is 10.9. The van der Waals surface area contributed by atoms with Crippen molar-refractivity contribution in [3.05, 3.63) is 84.2 Å². The van der Waals surface area contributed by atoms with Crippen LogP contribution in [0.25, 0.3) is 22.2 Å². The second kappa shape index (κ2) is 8.36. The Morgan fingerprint density at radius 1 is 1.00 bits per heavy atom. The van der Waals surface area contributed by atoms with Crippen molar-refractivity contribution in [3.63, 3.8) is 0 Å². The smallest absolute Gasteiger partial charge is 0.131 e. The first-order valence-electron chi connectivity index (χ1n) is 10.4. The Morgan fingerprint density at radius 3 is 2.67 bits per heavy atom. The number of nitrogens with zero attached hydrogens (tertiary/aromatic N) is 2. The minimum atomic E-state index is -0.740. The summed E-state index contributed by atoms with van der Waals surface area (Å²) in [7, 11) is 0. The molecule has 2 aromatic carbocycles. The van der Waals surface area contributed by atoms with E-state index >= 15 is 0 Å². The number of benzene rings is 2. The van der Waals surface area contributed by atoms with Crippen LogP contribution in [0.3, 0.4) is 0 Å². The fraction of sp³-hybridized carbons (Fsp3) is 0.250. The van der Waals surface area contributed by atoms with E-state index < -0.39 is 6.23 Å². The number of fused-ring (bicyclic) bond motifs is 1. The first-order valence-corrected chi connectivity index (χ1v) is 10.4. The number of pyridine rings is 1. The van der Waals surface area contributed by atoms with Gasteiger partial charge in [-0.25, -0.2) is 0 Å². The van der Waals surface area contributed by atoms with E-state index in [2.05, 4.69) is 50.1 Å². The van der Waals surface area contributed by atoms with Crippen molar-refractivity contribution in [2.45, 2.75) is 24.6 Å². The number of H-pyrrole nitrogens is 1. The summed E-state index contributed by atoms with van der Waals surface area (Å²) in [6.45, 7) is 1.81. The van der Waals surface area contributed by atoms with Crippen LogP contribution in [0, 0.1) is 0 Å². The van der Waals surface area contributed by atoms with Gasteiger partial charge >= 0.3 is 0 Å². The molecule has 6 heteroatoms. The molecule has 3 heterocycles. The molecule has 3 atom stereocenters. The van der Waals surface area contributed by atoms with E-state index in [9.17, 15) is 5.11 Å². The number of hydrogen-bond acceptors (Lipinski definition) is 5. The molecule has 0 radical (unpaired) electrons. The summed E-state index contributed by atoms with van der Waals surface area (Å²) >= 11 is 0. The van der Waals surface area contributed by atoms with Crippen LogP contribution in [-0.4, -0.2) is 39.4 Å². The Morgan fingerprint density at radius 2 is 1.83 bits per heavy atom. The summed E-state index contributed by atoms with van der Waals surface area (Å²) in [6.07, 6.45) is 3.77. The molecule has 4 N–H and O–H groups in total. The molecule has 1 saturated heterocycles. The third-order valence-electron chi connectivity index (χ3n) is 5.87. The third kappa shape index (κ3) is 3.85. The minimum Gasteiger partial charge on any atom is -0.374 e. The zero-order chi connectivity index (χ0) is 20.3. The molecule has 6 nitrogen and oxygen atoms in total. The number of rotatable bonds is 5. The van der Waals surface area contributed by atoms with E-state index in [1.54, 1.807) is 12.4 Å². The van der Waals surface area contributed by atoms with Gasteiger partial charge in [-0.1, -0.05) is 36.4 Å². The van der Waals surface area contributed by atoms with Gasteiger partial charge < -0.3 is 10.4 Å². The van der Waals surface area contributed by atoms with Gasteiger partial charge in [0.2, 0.25) is 0 Å². The second-order valence-electron chi connectivity index (χ2n) is 7.88. The molecule has 4 aromatic rings. The number of hydrogen-bond donors (Lipinski definition) is 4. The van der Waals surface area contributed by atoms with Crippen LogP contribution < -0.4 is 10.6 Å². The summed E-state index contributed by atoms with van der Waals surface area (Å²) in [4.78, 5) is 4.08. The molecule has 1 fully saturated rings. The van der Waals surface area contributed by atoms with E-state index in [0.717, 1.165) is 47.2 Å². The SMILES string of the molecule is OC(NC1CNCC(c2ccccc2)C1)c1ccc2[nH]nc(-c3ccncc3)c2c1. The number of nitrogens with one attached hydrogen (secondary N) is 3. The Kier molecular flexibility index (Phi) is 5.27. The lowest BCUT2D eigenvalue weighted by atomic mass is 9.89. The molecule has 0 aliphatic carbocycles. The molecule has 152 valence electrons. The summed E-state index contributed by atoms with van der Waals surface area (Å²) in [5, 5.41) is 26.3. The van der Waals surface area contributed by atoms with Gasteiger partial charge in [0.15, 0.2) is 0 Å². The van der Waals surface area contributed by atoms with Crippen molar-refractivity contribution in [1.82, 2.24) is 25.8 Å². The molecule has 30 heavy (non-hydrogen) atoms. The van der Waals surface area contributed by atoms with Crippen molar-refractivity contribution in [1.29, 1.82) is 0 Å². The van der Waals surface area contributed by atoms with Gasteiger partial charge in [0.1, 0.15) is 11.9 Å². The minimum absolute atomic E-state index is 0.193. The zero-order valence-corrected chi connectivity index (χ0v) is 16.6. The highest BCUT2D eigenvalue weighted by Crippen LogP contribution is 2.29. The Balaban J connectivity index is 1.34. The molecule has 1 aliphatic heterocycles. The lowest BCUT2D eigenvalue weighted by Gasteiger charge is -2.32. The normalized spacial score (nSPS) is 20.3. The average molecular weight is 399 g/mol. The zero-order valence-electron chi connectivity index (χ0n) is 16.6. The van der Waals surface area contributed by atoms with E-state index in [1.807, 2.05) is 36.4 Å². The molecule has 0 saturated carbocycles. The van der Waals surface area contributed by atoms with E-state index in [1.165, 1.54) is 5.56 Å². The van der Waals surface area contributed by atoms with Crippen LogP contribution in [0.4, 0.5) is 0 Å². The molecule has 2 aromatic heterocycles. The first-order chi connectivity index (χ1) is 14.8. The summed E-state index contributed by atoms with van der Waals surface area (Å²) in [5.74, 6) is 0.444. The molecular formula is C24H25N5O. The number of aromatic amines is 1. The van der Waals surface area contributed by atoms with Gasteiger partial charge in [0.25, 0.3) is 0 Å². The van der Waals surface area contributed by atoms with Gasteiger partial charge in [-0.15, -0.1) is 0 Å². The molecule has 5 rings (SSSR count). The van der Waals surface area contributed by atoms with E-state index in [4.69, 9.17) is 0 Å². The fourth-order valence-electron chi connectivity index (χ4n) is 4.30. The van der Waals surface area contributed by atoms with Gasteiger partial charge in [-0.3, -0.25) is 15.4 Å². The van der Waals surface area contributed by atoms with Crippen LogP contribution in [0.2, 0.25) is 0 Å². The molecular weight excluding hydrogens is 374 g/mol. The predicted octanol–water partition coefficient (Wildman–Crippen LogP) is 3.35. The molecule has 0 amide bonds. The summed E-state index contributed by atoms with van der Waals surface area (Å²) in [5.41, 5.74) is 4.98. The average Bonchev–Trinajstić information content (AvgIpc) is 3.24. The highest BCUT2D eigenvalue weighted by Gasteiger charge is 2.25. The highest BCUT2D eigenvalue weighted by atomic mass is 16.3. The maximum Gasteiger partial charge on any atom is 0.131 e. The summed E-state index contributed by atoms with van der Waals surface area (Å²) < 4.78 is 0. The van der Waals surface area contributed by atoms with Crippen molar-refractivity contribution < 1.29 is 5.11 Å². The largest absolute Gasteiger partial charge is 0.374 e. The van der Waals surface area contributed by atoms with Crippen molar-refractivity contribution in [2.24, 2.45) is 0 Å². The quantitative estimate of drug-likeness (QED) is 0.387. The Hall–Kier alpha value is -3.06. The standard InChI is InChI=1S/C24H25N5O/c30-24(27-20-12-19(14-26-15-20)16-4-2-1-3-5-16)18-6-7-22-21(13-18)23(29-28-22)17-8-10-25-11-9-17/h1-11,13,19-20,24,26-27,30H,12,14-15H2,(H,28,29). The highest BCUT2D eigenvalue weighted by molar-refractivity contribution is 5.93. The molecule has 1 aliphatic rings. The Labute approximate surface area is 175 Å². The monoisotopic (exact) mass is 399 g/mol. The predicted molar refractivity (Wildman–Crippen MR) is 118 cm³/mol. The Bertz CT molecular complexity index is 1110. The summed E-state index contributed by atoms with van der Waals surface area (Å²) in [6, 6.07) is 20.6. The topological polar surface area (TPSA) is 85.9 Å². The fourth-order valence-corrected chi connectivity index (χ4v) is 4.30. The van der Waals surface area contributed by atoms with Crippen molar-refractivity contribution in [2.75, 3.05) is 13.1 Å². The molecule has 0 spiro atoms. The van der Waals surface area contributed by atoms with Crippen LogP contribution >= 0.6 is 0 Å². The molecule has 0 bridgehead atoms. The van der Waals surface area contributed by atoms with Crippen LogP contribution in [0.1, 0.15) is 29.7 Å². The van der Waals surface area contributed by atoms with Gasteiger partial charge in [0, 0.05) is 42.5 Å². The first kappa shape index (κ1) is 18.9. The van der Waals surface area contributed by atoms with Crippen LogP contribution in [0.5, 0.6) is 0 Å². The van der Waals surface area contributed by atoms with Crippen LogP contribution in [0.15, 0.2) is 73.1 Å². The van der Waals surface area contributed by atoms with Gasteiger partial charge in [-0.05, 0) is 47.7 Å². The van der Waals surface area contributed by atoms with E-state index in [0.29, 0.717) is 5.92 Å². The molecule has 3 unspecified atom stereocenters. The number of aromatic nitrogens is 3. The lowest BCUT2D eigenvalue weighted by Crippen LogP contribution is -2.47. The third-order valence-corrected chi connectivity index (χ3v) is 5.87. The number of aliphatic hydroxyl groups is 1. The van der Waals surface area contributed by atoms with Crippen molar-refractivity contribution in [3.8, 4) is 11.3 Å². The second-order valence-corrected chi connectivity index (χ2v) is 7.88. The van der Waals surface area contributed by atoms with Crippen LogP contribution in [-0.2, 0) is 0 Å². The lowest BCUT2D eigenvalue weighted by molar-refractivity contribution is 0.114. The van der Waals surface area contributed by atoms with Gasteiger partial charge in [0.05, 0.1) is 5.52 Å². The maximum absolute atomic E-state index is 10.9. The number of aliphatic hydroxyl groups excluding tert-OH is 1. The van der Waals surface area contributed by atoms with E-state index in [-0.39, 0.29) is 6.04 Å².